The summed E-state index contributed by atoms with van der Waals surface area (Å²) in [5.41, 5.74) is 6.00. The number of halogens is 1. The molecule has 0 amide bonds. The van der Waals surface area contributed by atoms with Crippen LogP contribution in [-0.2, 0) is 0 Å². The Morgan fingerprint density at radius 3 is 2.85 bits per heavy atom. The molecule has 0 aromatic heterocycles. The first-order valence-electron chi connectivity index (χ1n) is 3.88. The molecular formula is C9H11FN2O. The minimum absolute atomic E-state index is 0.139. The third-order valence-electron chi connectivity index (χ3n) is 1.65. The molecule has 0 spiro atoms. The molecule has 0 unspecified atom stereocenters. The first kappa shape index (κ1) is 9.67. The average molecular weight is 182 g/mol. The molecular weight excluding hydrogens is 171 g/mol. The molecule has 1 aromatic carbocycles. The average Bonchev–Trinajstić information content (AvgIpc) is 2.04. The molecule has 0 saturated heterocycles. The van der Waals surface area contributed by atoms with E-state index in [1.165, 1.54) is 12.1 Å². The lowest BCUT2D eigenvalue weighted by atomic mass is 10.1. The summed E-state index contributed by atoms with van der Waals surface area (Å²) in [6, 6.07) is 3.76. The van der Waals surface area contributed by atoms with Gasteiger partial charge in [0.15, 0.2) is 5.78 Å². The minimum atomic E-state index is -0.432. The van der Waals surface area contributed by atoms with Gasteiger partial charge in [0.05, 0.1) is 6.54 Å². The Morgan fingerprint density at radius 1 is 1.62 bits per heavy atom. The lowest BCUT2D eigenvalue weighted by Crippen LogP contribution is -2.19. The van der Waals surface area contributed by atoms with Crippen LogP contribution in [0.3, 0.4) is 0 Å². The Kier molecular flexibility index (Phi) is 2.97. The van der Waals surface area contributed by atoms with Gasteiger partial charge in [-0.1, -0.05) is 0 Å². The van der Waals surface area contributed by atoms with Crippen LogP contribution in [0.15, 0.2) is 18.2 Å². The standard InChI is InChI=1S/C9H11FN2O/c1-12-5-9(13)7-3-2-6(10)4-8(7)11/h2-4,12H,5,11H2,1H3. The van der Waals surface area contributed by atoms with Gasteiger partial charge in [-0.15, -0.1) is 0 Å². The first-order chi connectivity index (χ1) is 6.15. The highest BCUT2D eigenvalue weighted by molar-refractivity contribution is 6.02. The van der Waals surface area contributed by atoms with Crippen molar-refractivity contribution in [1.29, 1.82) is 0 Å². The number of anilines is 1. The molecule has 1 rings (SSSR count). The molecule has 0 aliphatic rings. The zero-order chi connectivity index (χ0) is 9.84. The van der Waals surface area contributed by atoms with Crippen molar-refractivity contribution in [3.63, 3.8) is 0 Å². The summed E-state index contributed by atoms with van der Waals surface area (Å²) < 4.78 is 12.6. The van der Waals surface area contributed by atoms with E-state index in [9.17, 15) is 9.18 Å². The number of ketones is 1. The Morgan fingerprint density at radius 2 is 2.31 bits per heavy atom. The third-order valence-corrected chi connectivity index (χ3v) is 1.65. The molecule has 0 bridgehead atoms. The molecule has 0 fully saturated rings. The van der Waals surface area contributed by atoms with Crippen molar-refractivity contribution < 1.29 is 9.18 Å². The highest BCUT2D eigenvalue weighted by Gasteiger charge is 2.08. The Balaban J connectivity index is 2.95. The van der Waals surface area contributed by atoms with E-state index in [1.807, 2.05) is 0 Å². The van der Waals surface area contributed by atoms with Gasteiger partial charge in [0.2, 0.25) is 0 Å². The second-order valence-electron chi connectivity index (χ2n) is 2.69. The summed E-state index contributed by atoms with van der Waals surface area (Å²) in [5, 5.41) is 2.71. The van der Waals surface area contributed by atoms with Crippen molar-refractivity contribution in [3.05, 3.63) is 29.6 Å². The second kappa shape index (κ2) is 4.00. The van der Waals surface area contributed by atoms with Crippen LogP contribution < -0.4 is 11.1 Å². The molecule has 70 valence electrons. The van der Waals surface area contributed by atoms with Gasteiger partial charge in [-0.2, -0.15) is 0 Å². The van der Waals surface area contributed by atoms with Crippen molar-refractivity contribution in [3.8, 4) is 0 Å². The zero-order valence-corrected chi connectivity index (χ0v) is 7.30. The molecule has 0 atom stereocenters. The van der Waals surface area contributed by atoms with Crippen molar-refractivity contribution in [2.75, 3.05) is 19.3 Å². The minimum Gasteiger partial charge on any atom is -0.398 e. The molecule has 0 heterocycles. The number of nitrogens with one attached hydrogen (secondary N) is 1. The summed E-state index contributed by atoms with van der Waals surface area (Å²) in [6.07, 6.45) is 0. The number of rotatable bonds is 3. The normalized spacial score (nSPS) is 10.0. The van der Waals surface area contributed by atoms with Gasteiger partial charge in [0.1, 0.15) is 5.82 Å². The summed E-state index contributed by atoms with van der Waals surface area (Å²) in [4.78, 5) is 11.3. The van der Waals surface area contributed by atoms with Crippen LogP contribution in [-0.4, -0.2) is 19.4 Å². The molecule has 0 saturated carbocycles. The molecule has 4 heteroatoms. The molecule has 0 aliphatic carbocycles. The largest absolute Gasteiger partial charge is 0.398 e. The fraction of sp³-hybridized carbons (Fsp3) is 0.222. The Hall–Kier alpha value is -1.42. The van der Waals surface area contributed by atoms with E-state index in [2.05, 4.69) is 5.32 Å². The van der Waals surface area contributed by atoms with Gasteiger partial charge in [-0.3, -0.25) is 4.79 Å². The first-order valence-corrected chi connectivity index (χ1v) is 3.88. The summed E-state index contributed by atoms with van der Waals surface area (Å²) in [7, 11) is 1.66. The second-order valence-corrected chi connectivity index (χ2v) is 2.69. The van der Waals surface area contributed by atoms with E-state index in [4.69, 9.17) is 5.73 Å². The van der Waals surface area contributed by atoms with Gasteiger partial charge < -0.3 is 11.1 Å². The summed E-state index contributed by atoms with van der Waals surface area (Å²) in [5.74, 6) is -0.571. The van der Waals surface area contributed by atoms with Crippen molar-refractivity contribution in [1.82, 2.24) is 5.32 Å². The monoisotopic (exact) mass is 182 g/mol. The van der Waals surface area contributed by atoms with Crippen LogP contribution >= 0.6 is 0 Å². The zero-order valence-electron chi connectivity index (χ0n) is 7.30. The van der Waals surface area contributed by atoms with E-state index in [0.717, 1.165) is 6.07 Å². The van der Waals surface area contributed by atoms with Gasteiger partial charge in [-0.05, 0) is 25.2 Å². The molecule has 3 nitrogen and oxygen atoms in total. The number of benzene rings is 1. The highest BCUT2D eigenvalue weighted by atomic mass is 19.1. The maximum Gasteiger partial charge on any atom is 0.178 e. The maximum absolute atomic E-state index is 12.6. The molecule has 3 N–H and O–H groups in total. The van der Waals surface area contributed by atoms with Crippen molar-refractivity contribution in [2.45, 2.75) is 0 Å². The maximum atomic E-state index is 12.6. The van der Waals surface area contributed by atoms with Crippen molar-refractivity contribution in [2.24, 2.45) is 0 Å². The Bertz CT molecular complexity index is 325. The fourth-order valence-corrected chi connectivity index (χ4v) is 1.04. The molecule has 1 aromatic rings. The number of Topliss-reactive ketones (excluding diaryl/α,β-unsaturated/α-hetero) is 1. The predicted molar refractivity (Wildman–Crippen MR) is 49.1 cm³/mol. The topological polar surface area (TPSA) is 55.1 Å². The van der Waals surface area contributed by atoms with Crippen LogP contribution in [0.2, 0.25) is 0 Å². The lowest BCUT2D eigenvalue weighted by Gasteiger charge is -2.03. The number of hydrogen-bond donors (Lipinski definition) is 2. The van der Waals surface area contributed by atoms with Gasteiger partial charge >= 0.3 is 0 Å². The van der Waals surface area contributed by atoms with E-state index < -0.39 is 5.82 Å². The number of carbonyl (C=O) groups is 1. The van der Waals surface area contributed by atoms with Gasteiger partial charge in [-0.25, -0.2) is 4.39 Å². The quantitative estimate of drug-likeness (QED) is 0.537. The fourth-order valence-electron chi connectivity index (χ4n) is 1.04. The SMILES string of the molecule is CNCC(=O)c1ccc(F)cc1N. The van der Waals surface area contributed by atoms with Gasteiger partial charge in [0, 0.05) is 11.3 Å². The van der Waals surface area contributed by atoms with Crippen LogP contribution in [0, 0.1) is 5.82 Å². The van der Waals surface area contributed by atoms with E-state index in [-0.39, 0.29) is 18.0 Å². The molecule has 0 aliphatic heterocycles. The number of hydrogen-bond acceptors (Lipinski definition) is 3. The Labute approximate surface area is 75.7 Å². The highest BCUT2D eigenvalue weighted by Crippen LogP contribution is 2.13. The van der Waals surface area contributed by atoms with E-state index in [1.54, 1.807) is 7.05 Å². The number of carbonyl (C=O) groups excluding carboxylic acids is 1. The van der Waals surface area contributed by atoms with Crippen LogP contribution in [0.1, 0.15) is 10.4 Å². The predicted octanol–water partition coefficient (Wildman–Crippen LogP) is 0.810. The number of nitrogens with two attached hydrogens (primary N) is 1. The van der Waals surface area contributed by atoms with Gasteiger partial charge in [0.25, 0.3) is 0 Å². The number of likely N-dealkylation sites (N-methyl/N-ethyl adjacent to an activating group) is 1. The van der Waals surface area contributed by atoms with E-state index in [0.29, 0.717) is 5.56 Å². The lowest BCUT2D eigenvalue weighted by molar-refractivity contribution is 0.0994. The summed E-state index contributed by atoms with van der Waals surface area (Å²) >= 11 is 0. The van der Waals surface area contributed by atoms with Crippen LogP contribution in [0.4, 0.5) is 10.1 Å². The smallest absolute Gasteiger partial charge is 0.178 e. The third kappa shape index (κ3) is 2.26. The van der Waals surface area contributed by atoms with Crippen molar-refractivity contribution >= 4 is 11.5 Å². The number of nitrogen functional groups attached to an aromatic ring is 1. The molecule has 13 heavy (non-hydrogen) atoms. The molecule has 0 radical (unpaired) electrons. The van der Waals surface area contributed by atoms with Crippen LogP contribution in [0.25, 0.3) is 0 Å². The van der Waals surface area contributed by atoms with Crippen LogP contribution in [0.5, 0.6) is 0 Å². The van der Waals surface area contributed by atoms with E-state index >= 15 is 0 Å². The summed E-state index contributed by atoms with van der Waals surface area (Å²) in [6.45, 7) is 0.204.